The minimum Gasteiger partial charge on any atom is -0.369 e. The third-order valence-corrected chi connectivity index (χ3v) is 4.48. The molecule has 1 aliphatic rings. The van der Waals surface area contributed by atoms with Crippen LogP contribution in [-0.4, -0.2) is 61.5 Å². The van der Waals surface area contributed by atoms with E-state index < -0.39 is 0 Å². The van der Waals surface area contributed by atoms with Crippen LogP contribution < -0.4 is 4.90 Å². The van der Waals surface area contributed by atoms with Crippen molar-refractivity contribution in [3.05, 3.63) is 29.8 Å². The summed E-state index contributed by atoms with van der Waals surface area (Å²) in [6.45, 7) is 8.06. The fraction of sp³-hybridized carbons (Fsp3) is 0.556. The number of carbonyl (C=O) groups excluding carboxylic acids is 1. The molecule has 0 atom stereocenters. The summed E-state index contributed by atoms with van der Waals surface area (Å²) in [7, 11) is 1.86. The van der Waals surface area contributed by atoms with Crippen LogP contribution in [0.1, 0.15) is 25.8 Å². The number of amides is 1. The number of hydrogen-bond acceptors (Lipinski definition) is 4. The first-order chi connectivity index (χ1) is 11.0. The van der Waals surface area contributed by atoms with Gasteiger partial charge >= 0.3 is 0 Å². The first kappa shape index (κ1) is 17.3. The molecular weight excluding hydrogens is 288 g/mol. The highest BCUT2D eigenvalue weighted by Crippen LogP contribution is 2.21. The molecule has 5 heteroatoms. The number of carbonyl (C=O) groups is 1. The number of anilines is 1. The van der Waals surface area contributed by atoms with Gasteiger partial charge < -0.3 is 9.80 Å². The van der Waals surface area contributed by atoms with Crippen LogP contribution in [0.4, 0.5) is 5.69 Å². The predicted molar refractivity (Wildman–Crippen MR) is 92.3 cm³/mol. The normalized spacial score (nSPS) is 16.0. The van der Waals surface area contributed by atoms with E-state index in [0.29, 0.717) is 6.54 Å². The van der Waals surface area contributed by atoms with Gasteiger partial charge in [0.2, 0.25) is 5.91 Å². The monoisotopic (exact) mass is 314 g/mol. The number of likely N-dealkylation sites (N-methyl/N-ethyl adjacent to an activating group) is 1. The van der Waals surface area contributed by atoms with Crippen LogP contribution in [0.15, 0.2) is 24.3 Å². The standard InChI is InChI=1S/C18H26N4O/c1-15(2)20(3)18(23)14-21-9-6-10-22(12-11-21)17-8-5-4-7-16(17)13-19/h4-5,7-8,15H,6,9-12,14H2,1-3H3. The molecule has 23 heavy (non-hydrogen) atoms. The summed E-state index contributed by atoms with van der Waals surface area (Å²) in [6, 6.07) is 10.2. The third kappa shape index (κ3) is 4.46. The number of para-hydroxylation sites is 1. The average molecular weight is 314 g/mol. The van der Waals surface area contributed by atoms with Gasteiger partial charge in [0.1, 0.15) is 6.07 Å². The lowest BCUT2D eigenvalue weighted by Crippen LogP contribution is -2.42. The van der Waals surface area contributed by atoms with Gasteiger partial charge in [-0.3, -0.25) is 9.69 Å². The Balaban J connectivity index is 1.97. The second-order valence-corrected chi connectivity index (χ2v) is 6.34. The molecule has 5 nitrogen and oxygen atoms in total. The van der Waals surface area contributed by atoms with Crippen LogP contribution in [0.25, 0.3) is 0 Å². The third-order valence-electron chi connectivity index (χ3n) is 4.48. The lowest BCUT2D eigenvalue weighted by Gasteiger charge is -2.27. The Morgan fingerprint density at radius 2 is 2.00 bits per heavy atom. The SMILES string of the molecule is CC(C)N(C)C(=O)CN1CCCN(c2ccccc2C#N)CC1. The molecular formula is C18H26N4O. The van der Waals surface area contributed by atoms with E-state index in [4.69, 9.17) is 0 Å². The molecule has 1 saturated heterocycles. The van der Waals surface area contributed by atoms with E-state index in [9.17, 15) is 10.1 Å². The number of hydrogen-bond donors (Lipinski definition) is 0. The molecule has 0 unspecified atom stereocenters. The van der Waals surface area contributed by atoms with Crippen molar-refractivity contribution in [2.45, 2.75) is 26.3 Å². The van der Waals surface area contributed by atoms with Crippen LogP contribution in [0.5, 0.6) is 0 Å². The second-order valence-electron chi connectivity index (χ2n) is 6.34. The smallest absolute Gasteiger partial charge is 0.236 e. The van der Waals surface area contributed by atoms with Gasteiger partial charge in [-0.1, -0.05) is 12.1 Å². The number of nitrogens with zero attached hydrogens (tertiary/aromatic N) is 4. The first-order valence-electron chi connectivity index (χ1n) is 8.25. The Morgan fingerprint density at radius 1 is 1.26 bits per heavy atom. The van der Waals surface area contributed by atoms with E-state index in [-0.39, 0.29) is 11.9 Å². The minimum absolute atomic E-state index is 0.172. The maximum Gasteiger partial charge on any atom is 0.236 e. The Bertz CT molecular complexity index is 579. The Hall–Kier alpha value is -2.06. The van der Waals surface area contributed by atoms with Crippen molar-refractivity contribution in [2.75, 3.05) is 44.7 Å². The quantitative estimate of drug-likeness (QED) is 0.852. The van der Waals surface area contributed by atoms with E-state index in [1.54, 1.807) is 4.90 Å². The summed E-state index contributed by atoms with van der Waals surface area (Å²) in [5.41, 5.74) is 1.72. The van der Waals surface area contributed by atoms with Gasteiger partial charge in [0.15, 0.2) is 0 Å². The van der Waals surface area contributed by atoms with E-state index in [2.05, 4.69) is 15.9 Å². The molecule has 124 valence electrons. The van der Waals surface area contributed by atoms with Crippen molar-refractivity contribution in [2.24, 2.45) is 0 Å². The van der Waals surface area contributed by atoms with Gasteiger partial charge in [0.05, 0.1) is 17.8 Å². The number of nitriles is 1. The lowest BCUT2D eigenvalue weighted by atomic mass is 10.1. The van der Waals surface area contributed by atoms with E-state index >= 15 is 0 Å². The second kappa shape index (κ2) is 7.98. The van der Waals surface area contributed by atoms with Crippen LogP contribution in [0.2, 0.25) is 0 Å². The molecule has 1 aliphatic heterocycles. The molecule has 1 aromatic rings. The van der Waals surface area contributed by atoms with Gasteiger partial charge in [-0.2, -0.15) is 5.26 Å². The topological polar surface area (TPSA) is 50.6 Å². The molecule has 0 saturated carbocycles. The van der Waals surface area contributed by atoms with Crippen molar-refractivity contribution >= 4 is 11.6 Å². The average Bonchev–Trinajstić information content (AvgIpc) is 2.79. The largest absolute Gasteiger partial charge is 0.369 e. The summed E-state index contributed by atoms with van der Waals surface area (Å²) < 4.78 is 0. The zero-order chi connectivity index (χ0) is 16.8. The molecule has 0 radical (unpaired) electrons. The Labute approximate surface area is 139 Å². The van der Waals surface area contributed by atoms with Crippen molar-refractivity contribution < 1.29 is 4.79 Å². The highest BCUT2D eigenvalue weighted by molar-refractivity contribution is 5.78. The van der Waals surface area contributed by atoms with Gasteiger partial charge in [0.25, 0.3) is 0 Å². The van der Waals surface area contributed by atoms with E-state index in [1.807, 2.05) is 45.2 Å². The summed E-state index contributed by atoms with van der Waals surface area (Å²) in [5, 5.41) is 9.27. The fourth-order valence-corrected chi connectivity index (χ4v) is 2.80. The maximum atomic E-state index is 12.2. The molecule has 0 aliphatic carbocycles. The Morgan fingerprint density at radius 3 is 2.70 bits per heavy atom. The maximum absolute atomic E-state index is 12.2. The molecule has 1 heterocycles. The van der Waals surface area contributed by atoms with Crippen molar-refractivity contribution in [3.8, 4) is 6.07 Å². The van der Waals surface area contributed by atoms with Gasteiger partial charge in [-0.25, -0.2) is 0 Å². The highest BCUT2D eigenvalue weighted by atomic mass is 16.2. The summed E-state index contributed by atoms with van der Waals surface area (Å²) >= 11 is 0. The van der Waals surface area contributed by atoms with Crippen LogP contribution >= 0.6 is 0 Å². The highest BCUT2D eigenvalue weighted by Gasteiger charge is 2.20. The van der Waals surface area contributed by atoms with Crippen molar-refractivity contribution in [1.29, 1.82) is 5.26 Å². The molecule has 2 rings (SSSR count). The molecule has 1 fully saturated rings. The zero-order valence-electron chi connectivity index (χ0n) is 14.3. The fourth-order valence-electron chi connectivity index (χ4n) is 2.80. The molecule has 0 aromatic heterocycles. The van der Waals surface area contributed by atoms with Gasteiger partial charge in [-0.15, -0.1) is 0 Å². The summed E-state index contributed by atoms with van der Waals surface area (Å²) in [6.07, 6.45) is 0.998. The molecule has 0 N–H and O–H groups in total. The summed E-state index contributed by atoms with van der Waals surface area (Å²) in [4.78, 5) is 18.5. The van der Waals surface area contributed by atoms with Gasteiger partial charge in [-0.05, 0) is 32.4 Å². The molecule has 1 amide bonds. The van der Waals surface area contributed by atoms with Crippen LogP contribution in [-0.2, 0) is 4.79 Å². The zero-order valence-corrected chi connectivity index (χ0v) is 14.3. The van der Waals surface area contributed by atoms with Gasteiger partial charge in [0, 0.05) is 39.3 Å². The van der Waals surface area contributed by atoms with Crippen molar-refractivity contribution in [1.82, 2.24) is 9.80 Å². The molecule has 0 spiro atoms. The lowest BCUT2D eigenvalue weighted by molar-refractivity contribution is -0.132. The van der Waals surface area contributed by atoms with E-state index in [1.165, 1.54) is 0 Å². The van der Waals surface area contributed by atoms with E-state index in [0.717, 1.165) is 43.9 Å². The first-order valence-corrected chi connectivity index (χ1v) is 8.25. The molecule has 1 aromatic carbocycles. The van der Waals surface area contributed by atoms with Crippen molar-refractivity contribution in [3.63, 3.8) is 0 Å². The number of benzene rings is 1. The van der Waals surface area contributed by atoms with Crippen LogP contribution in [0, 0.1) is 11.3 Å². The Kier molecular flexibility index (Phi) is 6.00. The molecule has 0 bridgehead atoms. The number of rotatable bonds is 4. The minimum atomic E-state index is 0.172. The van der Waals surface area contributed by atoms with Crippen LogP contribution in [0.3, 0.4) is 0 Å². The predicted octanol–water partition coefficient (Wildman–Crippen LogP) is 1.94. The summed E-state index contributed by atoms with van der Waals surface area (Å²) in [5.74, 6) is 0.172.